The molecule has 124 valence electrons. The Balaban J connectivity index is 1.98. The summed E-state index contributed by atoms with van der Waals surface area (Å²) in [7, 11) is 0. The Bertz CT molecular complexity index is 688. The van der Waals surface area contributed by atoms with E-state index in [4.69, 9.17) is 4.74 Å². The van der Waals surface area contributed by atoms with Crippen LogP contribution in [-0.4, -0.2) is 22.0 Å². The summed E-state index contributed by atoms with van der Waals surface area (Å²) >= 11 is 0.723. The van der Waals surface area contributed by atoms with Crippen molar-refractivity contribution in [1.29, 1.82) is 0 Å². The topological polar surface area (TPSA) is 76.1 Å². The van der Waals surface area contributed by atoms with Gasteiger partial charge in [0.25, 0.3) is 5.91 Å². The summed E-state index contributed by atoms with van der Waals surface area (Å²) in [6.45, 7) is 3.63. The molecule has 2 N–H and O–H groups in total. The van der Waals surface area contributed by atoms with Crippen LogP contribution >= 0.6 is 11.3 Å². The van der Waals surface area contributed by atoms with E-state index in [0.29, 0.717) is 0 Å². The lowest BCUT2D eigenvalue weighted by Crippen LogP contribution is -2.30. The van der Waals surface area contributed by atoms with Gasteiger partial charge in [-0.15, -0.1) is 11.3 Å². The molecular weight excluding hydrogens is 333 g/mol. The van der Waals surface area contributed by atoms with Crippen LogP contribution in [0.3, 0.4) is 0 Å². The van der Waals surface area contributed by atoms with Crippen molar-refractivity contribution in [1.82, 2.24) is 15.4 Å². The number of alkyl halides is 3. The van der Waals surface area contributed by atoms with Gasteiger partial charge in [-0.2, -0.15) is 13.2 Å². The number of carbonyl (C=O) groups is 1. The summed E-state index contributed by atoms with van der Waals surface area (Å²) in [6.07, 6.45) is -4.63. The number of thiazole rings is 1. The first-order chi connectivity index (χ1) is 10.8. The molecule has 2 heterocycles. The van der Waals surface area contributed by atoms with Crippen LogP contribution in [-0.2, 0) is 6.18 Å². The number of carbonyl (C=O) groups excluding carboxylic acids is 1. The fourth-order valence-corrected chi connectivity index (χ4v) is 2.15. The Hall–Kier alpha value is -2.36. The lowest BCUT2D eigenvalue weighted by molar-refractivity contribution is -0.140. The van der Waals surface area contributed by atoms with Crippen molar-refractivity contribution in [2.75, 3.05) is 5.43 Å². The average Bonchev–Trinajstić information content (AvgIpc) is 2.93. The van der Waals surface area contributed by atoms with E-state index in [1.807, 2.05) is 13.8 Å². The van der Waals surface area contributed by atoms with Gasteiger partial charge >= 0.3 is 6.18 Å². The van der Waals surface area contributed by atoms with Gasteiger partial charge < -0.3 is 4.74 Å². The highest BCUT2D eigenvalue weighted by Crippen LogP contribution is 2.31. The zero-order valence-electron chi connectivity index (χ0n) is 12.1. The predicted molar refractivity (Wildman–Crippen MR) is 78.2 cm³/mol. The van der Waals surface area contributed by atoms with E-state index in [1.165, 1.54) is 6.07 Å². The smallest absolute Gasteiger partial charge is 0.434 e. The van der Waals surface area contributed by atoms with E-state index in [9.17, 15) is 18.0 Å². The van der Waals surface area contributed by atoms with Gasteiger partial charge in [0.2, 0.25) is 11.0 Å². The molecule has 0 unspecified atom stereocenters. The van der Waals surface area contributed by atoms with Gasteiger partial charge in [0, 0.05) is 11.4 Å². The number of halogens is 3. The second-order valence-electron chi connectivity index (χ2n) is 4.64. The van der Waals surface area contributed by atoms with Crippen LogP contribution in [0.5, 0.6) is 5.88 Å². The Morgan fingerprint density at radius 1 is 1.30 bits per heavy atom. The molecule has 0 saturated heterocycles. The highest BCUT2D eigenvalue weighted by atomic mass is 32.1. The van der Waals surface area contributed by atoms with E-state index in [2.05, 4.69) is 20.8 Å². The first kappa shape index (κ1) is 17.0. The average molecular weight is 346 g/mol. The molecular formula is C13H13F3N4O2S. The van der Waals surface area contributed by atoms with Crippen molar-refractivity contribution in [3.05, 3.63) is 35.0 Å². The molecule has 0 radical (unpaired) electrons. The monoisotopic (exact) mass is 346 g/mol. The Kier molecular flexibility index (Phi) is 5.04. The summed E-state index contributed by atoms with van der Waals surface area (Å²) in [6, 6.07) is 4.64. The first-order valence-corrected chi connectivity index (χ1v) is 7.36. The van der Waals surface area contributed by atoms with Crippen molar-refractivity contribution in [3.63, 3.8) is 0 Å². The maximum Gasteiger partial charge on any atom is 0.434 e. The minimum atomic E-state index is -4.52. The standard InChI is InChI=1S/C13H13F3N4O2S/c1-7(2)22-10-5-3-4-8(17-10)11(21)19-20-12-18-9(6-23-12)13(14,15)16/h3-7H,1-2H3,(H,18,20)(H,19,21). The summed E-state index contributed by atoms with van der Waals surface area (Å²) in [5.41, 5.74) is 3.59. The van der Waals surface area contributed by atoms with Crippen LogP contribution in [0.4, 0.5) is 18.3 Å². The Morgan fingerprint density at radius 3 is 2.65 bits per heavy atom. The lowest BCUT2D eigenvalue weighted by Gasteiger charge is -2.10. The molecule has 0 aliphatic carbocycles. The predicted octanol–water partition coefficient (Wildman–Crippen LogP) is 3.10. The number of ether oxygens (including phenoxy) is 1. The van der Waals surface area contributed by atoms with Crippen LogP contribution in [0.2, 0.25) is 0 Å². The normalized spacial score (nSPS) is 11.4. The number of hydrogen-bond acceptors (Lipinski definition) is 6. The molecule has 0 spiro atoms. The van der Waals surface area contributed by atoms with E-state index in [0.717, 1.165) is 16.7 Å². The van der Waals surface area contributed by atoms with E-state index in [1.54, 1.807) is 12.1 Å². The highest BCUT2D eigenvalue weighted by Gasteiger charge is 2.33. The van der Waals surface area contributed by atoms with E-state index in [-0.39, 0.29) is 22.8 Å². The highest BCUT2D eigenvalue weighted by molar-refractivity contribution is 7.13. The maximum absolute atomic E-state index is 12.4. The van der Waals surface area contributed by atoms with Gasteiger partial charge in [0.05, 0.1) is 6.10 Å². The van der Waals surface area contributed by atoms with Gasteiger partial charge in [0.15, 0.2) is 5.69 Å². The molecule has 2 aromatic rings. The number of nitrogens with one attached hydrogen (secondary N) is 2. The van der Waals surface area contributed by atoms with Crippen LogP contribution in [0.15, 0.2) is 23.6 Å². The molecule has 0 atom stereocenters. The van der Waals surface area contributed by atoms with Gasteiger partial charge in [-0.3, -0.25) is 15.6 Å². The molecule has 2 aromatic heterocycles. The van der Waals surface area contributed by atoms with Gasteiger partial charge in [-0.05, 0) is 19.9 Å². The molecule has 0 aliphatic rings. The fraction of sp³-hybridized carbons (Fsp3) is 0.308. The zero-order valence-corrected chi connectivity index (χ0v) is 13.0. The third kappa shape index (κ3) is 4.81. The van der Waals surface area contributed by atoms with Gasteiger partial charge in [-0.25, -0.2) is 9.97 Å². The first-order valence-electron chi connectivity index (χ1n) is 6.48. The van der Waals surface area contributed by atoms with Gasteiger partial charge in [-0.1, -0.05) is 6.07 Å². The molecule has 6 nitrogen and oxygen atoms in total. The lowest BCUT2D eigenvalue weighted by atomic mass is 10.3. The molecule has 2 rings (SSSR count). The van der Waals surface area contributed by atoms with Crippen LogP contribution in [0.1, 0.15) is 30.0 Å². The van der Waals surface area contributed by atoms with Crippen LogP contribution in [0, 0.1) is 0 Å². The number of aromatic nitrogens is 2. The molecule has 0 saturated carbocycles. The Labute approximate surface area is 133 Å². The van der Waals surface area contributed by atoms with Gasteiger partial charge in [0.1, 0.15) is 5.69 Å². The number of anilines is 1. The number of rotatable bonds is 5. The van der Waals surface area contributed by atoms with Crippen molar-refractivity contribution < 1.29 is 22.7 Å². The molecule has 0 bridgehead atoms. The van der Waals surface area contributed by atoms with Crippen LogP contribution < -0.4 is 15.6 Å². The third-order valence-corrected chi connectivity index (χ3v) is 3.15. The van der Waals surface area contributed by atoms with Crippen LogP contribution in [0.25, 0.3) is 0 Å². The number of hydrogen-bond donors (Lipinski definition) is 2. The second-order valence-corrected chi connectivity index (χ2v) is 5.50. The fourth-order valence-electron chi connectivity index (χ4n) is 1.48. The summed E-state index contributed by atoms with van der Waals surface area (Å²) in [4.78, 5) is 19.2. The molecule has 1 amide bonds. The second kappa shape index (κ2) is 6.82. The number of nitrogens with zero attached hydrogens (tertiary/aromatic N) is 2. The molecule has 0 fully saturated rings. The molecule has 10 heteroatoms. The number of pyridine rings is 1. The quantitative estimate of drug-likeness (QED) is 0.814. The van der Waals surface area contributed by atoms with Crippen molar-refractivity contribution in [3.8, 4) is 5.88 Å². The molecule has 23 heavy (non-hydrogen) atoms. The summed E-state index contributed by atoms with van der Waals surface area (Å²) in [5.74, 6) is -0.343. The van der Waals surface area contributed by atoms with Crippen molar-refractivity contribution in [2.45, 2.75) is 26.1 Å². The SMILES string of the molecule is CC(C)Oc1cccc(C(=O)NNc2nc(C(F)(F)F)cs2)n1. The zero-order chi connectivity index (χ0) is 17.0. The maximum atomic E-state index is 12.4. The molecule has 0 aliphatic heterocycles. The van der Waals surface area contributed by atoms with Crippen molar-refractivity contribution in [2.24, 2.45) is 0 Å². The number of hydrazine groups is 1. The number of amides is 1. The summed E-state index contributed by atoms with van der Waals surface area (Å²) in [5, 5.41) is 0.768. The van der Waals surface area contributed by atoms with E-state index >= 15 is 0 Å². The largest absolute Gasteiger partial charge is 0.475 e. The Morgan fingerprint density at radius 2 is 2.04 bits per heavy atom. The minimum absolute atomic E-state index is 0.0586. The van der Waals surface area contributed by atoms with Crippen molar-refractivity contribution >= 4 is 22.4 Å². The van der Waals surface area contributed by atoms with E-state index < -0.39 is 17.8 Å². The third-order valence-electron chi connectivity index (χ3n) is 2.39. The molecule has 0 aromatic carbocycles. The minimum Gasteiger partial charge on any atom is -0.475 e. The summed E-state index contributed by atoms with van der Waals surface area (Å²) < 4.78 is 42.6.